The van der Waals surface area contributed by atoms with Gasteiger partial charge in [0.25, 0.3) is 5.91 Å². The number of unbranched alkanes of at least 4 members (excludes halogenated alkanes) is 3. The van der Waals surface area contributed by atoms with Gasteiger partial charge in [0.05, 0.1) is 0 Å². The van der Waals surface area contributed by atoms with E-state index in [-0.39, 0.29) is 5.91 Å². The number of anilines is 1. The number of carbonyl (C=O) groups is 1. The van der Waals surface area contributed by atoms with Gasteiger partial charge < -0.3 is 11.1 Å². The van der Waals surface area contributed by atoms with E-state index in [1.165, 1.54) is 25.0 Å². The minimum atomic E-state index is -0.0525. The van der Waals surface area contributed by atoms with Gasteiger partial charge >= 0.3 is 0 Å². The molecule has 0 unspecified atom stereocenters. The summed E-state index contributed by atoms with van der Waals surface area (Å²) >= 11 is 5.20. The third-order valence-electron chi connectivity index (χ3n) is 2.82. The van der Waals surface area contributed by atoms with Crippen molar-refractivity contribution in [2.75, 3.05) is 24.3 Å². The molecule has 1 aromatic rings. The van der Waals surface area contributed by atoms with Crippen molar-refractivity contribution in [1.82, 2.24) is 5.32 Å². The molecule has 1 rings (SSSR count). The number of halogens is 1. The zero-order valence-corrected chi connectivity index (χ0v) is 13.6. The van der Waals surface area contributed by atoms with Gasteiger partial charge in [-0.05, 0) is 59.0 Å². The summed E-state index contributed by atoms with van der Waals surface area (Å²) in [6.45, 7) is 0.730. The Kier molecular flexibility index (Phi) is 7.98. The molecule has 1 aromatic carbocycles. The summed E-state index contributed by atoms with van der Waals surface area (Å²) < 4.78 is 0.817. The highest BCUT2D eigenvalue weighted by molar-refractivity contribution is 9.10. The number of nitrogens with two attached hydrogens (primary N) is 1. The predicted molar refractivity (Wildman–Crippen MR) is 87.7 cm³/mol. The molecule has 0 fully saturated rings. The average molecular weight is 345 g/mol. The normalized spacial score (nSPS) is 10.4. The molecule has 5 heteroatoms. The topological polar surface area (TPSA) is 55.1 Å². The van der Waals surface area contributed by atoms with Gasteiger partial charge in [-0.25, -0.2) is 0 Å². The Balaban J connectivity index is 2.22. The van der Waals surface area contributed by atoms with E-state index in [0.717, 1.165) is 17.4 Å². The molecule has 0 spiro atoms. The number of amides is 1. The highest BCUT2D eigenvalue weighted by Gasteiger charge is 2.06. The largest absolute Gasteiger partial charge is 0.398 e. The van der Waals surface area contributed by atoms with Crippen LogP contribution in [0.1, 0.15) is 36.0 Å². The van der Waals surface area contributed by atoms with Crippen LogP contribution in [0.15, 0.2) is 22.7 Å². The Hall–Kier alpha value is -0.680. The van der Waals surface area contributed by atoms with Crippen molar-refractivity contribution < 1.29 is 4.79 Å². The van der Waals surface area contributed by atoms with Crippen LogP contribution in [0.4, 0.5) is 5.69 Å². The van der Waals surface area contributed by atoms with Crippen molar-refractivity contribution in [1.29, 1.82) is 0 Å². The first-order chi connectivity index (χ1) is 9.15. The summed E-state index contributed by atoms with van der Waals surface area (Å²) in [5, 5.41) is 2.92. The van der Waals surface area contributed by atoms with Gasteiger partial charge in [-0.15, -0.1) is 0 Å². The number of carbonyl (C=O) groups excluding carboxylic acids is 1. The molecule has 0 heterocycles. The zero-order chi connectivity index (χ0) is 14.1. The minimum Gasteiger partial charge on any atom is -0.398 e. The summed E-state index contributed by atoms with van der Waals surface area (Å²) in [6.07, 6.45) is 6.83. The maximum Gasteiger partial charge on any atom is 0.251 e. The van der Waals surface area contributed by atoms with Crippen LogP contribution in [0.25, 0.3) is 0 Å². The molecule has 0 aliphatic heterocycles. The number of nitrogens with one attached hydrogen (secondary N) is 1. The number of nitrogen functional groups attached to an aromatic ring is 1. The Labute approximate surface area is 127 Å². The van der Waals surface area contributed by atoms with Crippen LogP contribution in [-0.4, -0.2) is 24.5 Å². The Morgan fingerprint density at radius 3 is 2.74 bits per heavy atom. The highest BCUT2D eigenvalue weighted by atomic mass is 79.9. The lowest BCUT2D eigenvalue weighted by Gasteiger charge is -2.06. The standard InChI is InChI=1S/C14H21BrN2OS/c1-19-9-5-3-2-4-8-17-14(18)11-6-7-12(15)13(16)10-11/h6-7,10H,2-5,8-9,16H2,1H3,(H,17,18). The highest BCUT2D eigenvalue weighted by Crippen LogP contribution is 2.20. The Morgan fingerprint density at radius 2 is 2.05 bits per heavy atom. The first-order valence-corrected chi connectivity index (χ1v) is 8.66. The van der Waals surface area contributed by atoms with Crippen molar-refractivity contribution in [3.05, 3.63) is 28.2 Å². The maximum absolute atomic E-state index is 11.9. The summed E-state index contributed by atoms with van der Waals surface area (Å²) in [5.74, 6) is 1.17. The van der Waals surface area contributed by atoms with E-state index >= 15 is 0 Å². The lowest BCUT2D eigenvalue weighted by atomic mass is 10.1. The number of rotatable bonds is 8. The van der Waals surface area contributed by atoms with Gasteiger partial charge in [0.2, 0.25) is 0 Å². The zero-order valence-electron chi connectivity index (χ0n) is 11.2. The second-order valence-electron chi connectivity index (χ2n) is 4.40. The monoisotopic (exact) mass is 344 g/mol. The van der Waals surface area contributed by atoms with Crippen molar-refractivity contribution >= 4 is 39.3 Å². The van der Waals surface area contributed by atoms with Crippen LogP contribution in [0.5, 0.6) is 0 Å². The molecular formula is C14H21BrN2OS. The molecule has 0 aliphatic rings. The first-order valence-electron chi connectivity index (χ1n) is 6.47. The number of hydrogen-bond donors (Lipinski definition) is 2. The van der Waals surface area contributed by atoms with Crippen LogP contribution >= 0.6 is 27.7 Å². The molecule has 1 amide bonds. The summed E-state index contributed by atoms with van der Waals surface area (Å²) in [4.78, 5) is 11.9. The van der Waals surface area contributed by atoms with Crippen LogP contribution in [-0.2, 0) is 0 Å². The smallest absolute Gasteiger partial charge is 0.251 e. The molecule has 3 nitrogen and oxygen atoms in total. The van der Waals surface area contributed by atoms with Crippen molar-refractivity contribution in [2.24, 2.45) is 0 Å². The molecular weight excluding hydrogens is 324 g/mol. The van der Waals surface area contributed by atoms with Crippen molar-refractivity contribution in [3.8, 4) is 0 Å². The number of benzene rings is 1. The summed E-state index contributed by atoms with van der Waals surface area (Å²) in [7, 11) is 0. The van der Waals surface area contributed by atoms with Crippen LogP contribution < -0.4 is 11.1 Å². The minimum absolute atomic E-state index is 0.0525. The van der Waals surface area contributed by atoms with E-state index < -0.39 is 0 Å². The van der Waals surface area contributed by atoms with Gasteiger partial charge in [0, 0.05) is 22.3 Å². The average Bonchev–Trinajstić information content (AvgIpc) is 2.40. The van der Waals surface area contributed by atoms with Crippen molar-refractivity contribution in [3.63, 3.8) is 0 Å². The third kappa shape index (κ3) is 6.34. The fourth-order valence-electron chi connectivity index (χ4n) is 1.71. The van der Waals surface area contributed by atoms with E-state index in [1.807, 2.05) is 11.8 Å². The van der Waals surface area contributed by atoms with Gasteiger partial charge in [0.1, 0.15) is 0 Å². The molecule has 106 valence electrons. The van der Waals surface area contributed by atoms with Gasteiger partial charge in [-0.3, -0.25) is 4.79 Å². The van der Waals surface area contributed by atoms with E-state index in [2.05, 4.69) is 27.5 Å². The summed E-state index contributed by atoms with van der Waals surface area (Å²) in [5.41, 5.74) is 6.95. The molecule has 0 atom stereocenters. The van der Waals surface area contributed by atoms with Crippen LogP contribution in [0.2, 0.25) is 0 Å². The van der Waals surface area contributed by atoms with Crippen LogP contribution in [0, 0.1) is 0 Å². The second kappa shape index (κ2) is 9.26. The lowest BCUT2D eigenvalue weighted by molar-refractivity contribution is 0.0953. The molecule has 0 radical (unpaired) electrons. The summed E-state index contributed by atoms with van der Waals surface area (Å²) in [6, 6.07) is 5.26. The Bertz CT molecular complexity index is 412. The fraction of sp³-hybridized carbons (Fsp3) is 0.500. The lowest BCUT2D eigenvalue weighted by Crippen LogP contribution is -2.24. The van der Waals surface area contributed by atoms with Gasteiger partial charge in [0.15, 0.2) is 0 Å². The fourth-order valence-corrected chi connectivity index (χ4v) is 2.45. The molecule has 0 aromatic heterocycles. The van der Waals surface area contributed by atoms with E-state index in [9.17, 15) is 4.79 Å². The van der Waals surface area contributed by atoms with E-state index in [4.69, 9.17) is 5.73 Å². The van der Waals surface area contributed by atoms with Gasteiger partial charge in [-0.1, -0.05) is 12.8 Å². The third-order valence-corrected chi connectivity index (χ3v) is 4.24. The maximum atomic E-state index is 11.9. The molecule has 3 N–H and O–H groups in total. The molecule has 0 saturated carbocycles. The van der Waals surface area contributed by atoms with E-state index in [0.29, 0.717) is 11.3 Å². The number of thioether (sulfide) groups is 1. The number of hydrogen-bond acceptors (Lipinski definition) is 3. The predicted octanol–water partition coefficient (Wildman–Crippen LogP) is 3.68. The second-order valence-corrected chi connectivity index (χ2v) is 6.24. The first kappa shape index (κ1) is 16.4. The van der Waals surface area contributed by atoms with Gasteiger partial charge in [-0.2, -0.15) is 11.8 Å². The SMILES string of the molecule is CSCCCCCCNC(=O)c1ccc(Br)c(N)c1. The Morgan fingerprint density at radius 1 is 1.32 bits per heavy atom. The molecule has 0 aliphatic carbocycles. The van der Waals surface area contributed by atoms with Crippen molar-refractivity contribution in [2.45, 2.75) is 25.7 Å². The molecule has 0 bridgehead atoms. The van der Waals surface area contributed by atoms with Crippen LogP contribution in [0.3, 0.4) is 0 Å². The quantitative estimate of drug-likeness (QED) is 0.558. The molecule has 19 heavy (non-hydrogen) atoms. The van der Waals surface area contributed by atoms with E-state index in [1.54, 1.807) is 18.2 Å². The molecule has 0 saturated heterocycles.